The molecule has 0 aliphatic carbocycles. The molecule has 0 N–H and O–H groups in total. The largest absolute Gasteiger partial charge is 0.285 e. The molecule has 2 rings (SSSR count). The zero-order valence-corrected chi connectivity index (χ0v) is 16.4. The molecule has 11 heteroatoms. The van der Waals surface area contributed by atoms with Crippen molar-refractivity contribution >= 4 is 57.1 Å². The molecule has 8 nitrogen and oxygen atoms in total. The minimum atomic E-state index is -0.567. The molecule has 0 atom stereocenters. The number of alkyl halides is 1. The third kappa shape index (κ3) is 4.80. The summed E-state index contributed by atoms with van der Waals surface area (Å²) in [4.78, 5) is 26.0. The molecule has 1 aromatic heterocycles. The molecule has 0 bridgehead atoms. The second-order valence-electron chi connectivity index (χ2n) is 5.16. The van der Waals surface area contributed by atoms with E-state index < -0.39 is 4.92 Å². The number of thioether (sulfide) groups is 1. The van der Waals surface area contributed by atoms with E-state index in [9.17, 15) is 20.2 Å². The molecular formula is C16H11Cl2N5O3S. The van der Waals surface area contributed by atoms with Crippen molar-refractivity contribution in [3.05, 3.63) is 50.2 Å². The average Bonchev–Trinajstić information content (AvgIpc) is 2.62. The van der Waals surface area contributed by atoms with Crippen molar-refractivity contribution in [2.45, 2.75) is 18.9 Å². The van der Waals surface area contributed by atoms with Crippen LogP contribution in [0.5, 0.6) is 0 Å². The number of carbonyl (C=O) groups is 1. The van der Waals surface area contributed by atoms with Crippen LogP contribution in [0.2, 0.25) is 5.02 Å². The number of halogens is 2. The summed E-state index contributed by atoms with van der Waals surface area (Å²) in [6.45, 7) is 3.32. The van der Waals surface area contributed by atoms with Crippen LogP contribution >= 0.6 is 35.0 Å². The van der Waals surface area contributed by atoms with Crippen LogP contribution in [0, 0.1) is 35.3 Å². The zero-order chi connectivity index (χ0) is 20.1. The predicted octanol–water partition coefficient (Wildman–Crippen LogP) is 5.40. The number of aromatic nitrogens is 1. The van der Waals surface area contributed by atoms with Crippen molar-refractivity contribution in [3.63, 3.8) is 0 Å². The van der Waals surface area contributed by atoms with E-state index in [0.29, 0.717) is 16.9 Å². The number of non-ortho nitro benzene ring substituents is 1. The number of nitriles is 1. The maximum Gasteiger partial charge on any atom is 0.271 e. The van der Waals surface area contributed by atoms with Crippen LogP contribution < -0.4 is 0 Å². The van der Waals surface area contributed by atoms with Gasteiger partial charge in [-0.3, -0.25) is 14.9 Å². The van der Waals surface area contributed by atoms with Crippen molar-refractivity contribution in [1.29, 1.82) is 5.26 Å². The number of nitrogens with zero attached hydrogens (tertiary/aromatic N) is 5. The van der Waals surface area contributed by atoms with E-state index in [-0.39, 0.29) is 38.0 Å². The zero-order valence-electron chi connectivity index (χ0n) is 14.1. The number of azo groups is 1. The van der Waals surface area contributed by atoms with Gasteiger partial charge in [0.25, 0.3) is 5.69 Å². The first-order chi connectivity index (χ1) is 12.8. The molecule has 0 fully saturated rings. The maximum atomic E-state index is 11.6. The van der Waals surface area contributed by atoms with E-state index in [4.69, 9.17) is 23.2 Å². The van der Waals surface area contributed by atoms with Crippen molar-refractivity contribution in [2.75, 3.05) is 5.88 Å². The third-order valence-corrected chi connectivity index (χ3v) is 4.95. The summed E-state index contributed by atoms with van der Waals surface area (Å²) < 4.78 is 0. The van der Waals surface area contributed by atoms with Crippen LogP contribution in [0.15, 0.2) is 33.5 Å². The van der Waals surface area contributed by atoms with E-state index in [0.717, 1.165) is 11.8 Å². The van der Waals surface area contributed by atoms with Gasteiger partial charge in [-0.25, -0.2) is 4.98 Å². The number of nitro groups is 1. The summed E-state index contributed by atoms with van der Waals surface area (Å²) in [6.07, 6.45) is 0. The summed E-state index contributed by atoms with van der Waals surface area (Å²) in [5.74, 6) is -0.199. The number of benzene rings is 1. The highest BCUT2D eigenvalue weighted by Gasteiger charge is 2.18. The number of hydrogen-bond donors (Lipinski definition) is 0. The molecule has 1 heterocycles. The van der Waals surface area contributed by atoms with Gasteiger partial charge in [0, 0.05) is 12.1 Å². The number of nitro benzene ring substituents is 1. The van der Waals surface area contributed by atoms with Crippen molar-refractivity contribution in [2.24, 2.45) is 10.2 Å². The lowest BCUT2D eigenvalue weighted by Gasteiger charge is -2.09. The molecule has 0 spiro atoms. The Morgan fingerprint density at radius 1 is 1.41 bits per heavy atom. The minimum Gasteiger partial charge on any atom is -0.285 e. The van der Waals surface area contributed by atoms with Gasteiger partial charge >= 0.3 is 0 Å². The van der Waals surface area contributed by atoms with E-state index in [1.807, 2.05) is 6.07 Å². The lowest BCUT2D eigenvalue weighted by atomic mass is 10.1. The average molecular weight is 424 g/mol. The second-order valence-corrected chi connectivity index (χ2v) is 6.88. The van der Waals surface area contributed by atoms with Gasteiger partial charge in [-0.1, -0.05) is 11.6 Å². The smallest absolute Gasteiger partial charge is 0.271 e. The van der Waals surface area contributed by atoms with Gasteiger partial charge in [0.15, 0.2) is 0 Å². The molecule has 0 aliphatic rings. The third-order valence-electron chi connectivity index (χ3n) is 3.39. The van der Waals surface area contributed by atoms with Crippen LogP contribution in [0.4, 0.5) is 17.1 Å². The molecule has 27 heavy (non-hydrogen) atoms. The molecule has 2 aromatic rings. The summed E-state index contributed by atoms with van der Waals surface area (Å²) >= 11 is 12.3. The van der Waals surface area contributed by atoms with Gasteiger partial charge in [-0.05, 0) is 37.2 Å². The van der Waals surface area contributed by atoms with Crippen LogP contribution in [0.1, 0.15) is 16.8 Å². The minimum absolute atomic E-state index is 0.0663. The van der Waals surface area contributed by atoms with E-state index in [2.05, 4.69) is 15.2 Å². The highest BCUT2D eigenvalue weighted by Crippen LogP contribution is 2.35. The topological polar surface area (TPSA) is 122 Å². The molecule has 0 amide bonds. The number of aryl methyl sites for hydroxylation is 1. The SMILES string of the molecule is Cc1nc(SC(=O)CCl)c(C#N)c(C)c1N=Nc1ccc([N+](=O)[O-])cc1Cl. The number of pyridine rings is 1. The standard InChI is InChI=1S/C16H11Cl2N5O3S/c1-8-11(7-19)16(27-14(24)6-17)20-9(2)15(8)22-21-13-4-3-10(23(25)26)5-12(13)18/h3-5H,6H2,1-2H3. The van der Waals surface area contributed by atoms with Gasteiger partial charge in [0.05, 0.1) is 27.1 Å². The van der Waals surface area contributed by atoms with Gasteiger partial charge < -0.3 is 0 Å². The Morgan fingerprint density at radius 2 is 2.11 bits per heavy atom. The summed E-state index contributed by atoms with van der Waals surface area (Å²) in [5.41, 5.74) is 1.58. The monoisotopic (exact) mass is 423 g/mol. The molecule has 138 valence electrons. The van der Waals surface area contributed by atoms with Crippen LogP contribution in [-0.4, -0.2) is 20.9 Å². The van der Waals surface area contributed by atoms with E-state index in [1.165, 1.54) is 18.2 Å². The molecule has 0 aliphatic heterocycles. The Hall–Kier alpha value is -2.54. The number of carbonyl (C=O) groups excluding carboxylic acids is 1. The van der Waals surface area contributed by atoms with Crippen LogP contribution in [0.3, 0.4) is 0 Å². The first-order valence-electron chi connectivity index (χ1n) is 7.32. The Balaban J connectivity index is 2.45. The summed E-state index contributed by atoms with van der Waals surface area (Å²) in [6, 6.07) is 5.81. The first-order valence-corrected chi connectivity index (χ1v) is 9.05. The van der Waals surface area contributed by atoms with Gasteiger partial charge in [-0.2, -0.15) is 5.26 Å². The molecule has 0 saturated heterocycles. The van der Waals surface area contributed by atoms with Gasteiger partial charge in [0.2, 0.25) is 5.12 Å². The van der Waals surface area contributed by atoms with Crippen LogP contribution in [-0.2, 0) is 4.79 Å². The number of hydrogen-bond acceptors (Lipinski definition) is 8. The van der Waals surface area contributed by atoms with Crippen LogP contribution in [0.25, 0.3) is 0 Å². The summed E-state index contributed by atoms with van der Waals surface area (Å²) in [7, 11) is 0. The lowest BCUT2D eigenvalue weighted by molar-refractivity contribution is -0.384. The predicted molar refractivity (Wildman–Crippen MR) is 102 cm³/mol. The van der Waals surface area contributed by atoms with Crippen molar-refractivity contribution in [3.8, 4) is 6.07 Å². The molecule has 0 unspecified atom stereocenters. The highest BCUT2D eigenvalue weighted by atomic mass is 35.5. The fraction of sp³-hybridized carbons (Fsp3) is 0.188. The fourth-order valence-electron chi connectivity index (χ4n) is 2.09. The fourth-order valence-corrected chi connectivity index (χ4v) is 3.22. The molecular weight excluding hydrogens is 413 g/mol. The van der Waals surface area contributed by atoms with Gasteiger partial charge in [-0.15, -0.1) is 21.8 Å². The summed E-state index contributed by atoms with van der Waals surface area (Å²) in [5, 5.41) is 28.3. The Morgan fingerprint density at radius 3 is 2.67 bits per heavy atom. The normalized spacial score (nSPS) is 10.8. The Bertz CT molecular complexity index is 1000. The Labute approximate surface area is 168 Å². The van der Waals surface area contributed by atoms with Crippen molar-refractivity contribution < 1.29 is 9.72 Å². The second kappa shape index (κ2) is 8.90. The van der Waals surface area contributed by atoms with E-state index >= 15 is 0 Å². The highest BCUT2D eigenvalue weighted by molar-refractivity contribution is 8.13. The maximum absolute atomic E-state index is 11.6. The van der Waals surface area contributed by atoms with Crippen molar-refractivity contribution in [1.82, 2.24) is 4.98 Å². The molecule has 0 radical (unpaired) electrons. The Kier molecular flexibility index (Phi) is 6.85. The number of rotatable bonds is 5. The molecule has 1 aromatic carbocycles. The quantitative estimate of drug-likeness (QED) is 0.208. The first kappa shape index (κ1) is 20.8. The lowest BCUT2D eigenvalue weighted by Crippen LogP contribution is -2.00. The van der Waals surface area contributed by atoms with Gasteiger partial charge in [0.1, 0.15) is 22.5 Å². The molecule has 0 saturated carbocycles. The van der Waals surface area contributed by atoms with E-state index in [1.54, 1.807) is 13.8 Å².